The van der Waals surface area contributed by atoms with Crippen molar-refractivity contribution in [2.24, 2.45) is 0 Å². The summed E-state index contributed by atoms with van der Waals surface area (Å²) in [5.41, 5.74) is 25.4. The first kappa shape index (κ1) is 34.3. The van der Waals surface area contributed by atoms with Gasteiger partial charge in [0.1, 0.15) is 0 Å². The predicted octanol–water partition coefficient (Wildman–Crippen LogP) is 12.6. The summed E-state index contributed by atoms with van der Waals surface area (Å²) < 4.78 is 0. The summed E-state index contributed by atoms with van der Waals surface area (Å²) >= 11 is 0. The van der Waals surface area contributed by atoms with Gasteiger partial charge in [0.15, 0.2) is 0 Å². The molecule has 0 bridgehead atoms. The summed E-state index contributed by atoms with van der Waals surface area (Å²) in [6, 6.07) is 42.7. The monoisotopic (exact) mass is 728 g/mol. The largest absolute Gasteiger partial charge is 0.376 e. The van der Waals surface area contributed by atoms with Crippen molar-refractivity contribution in [2.45, 2.75) is 110 Å². The Morgan fingerprint density at radius 1 is 0.661 bits per heavy atom. The minimum absolute atomic E-state index is 0.00471. The zero-order chi connectivity index (χ0) is 38.3. The van der Waals surface area contributed by atoms with Crippen molar-refractivity contribution in [2.75, 3.05) is 9.71 Å². The smallest absolute Gasteiger partial charge is 0.333 e. The Bertz CT molecular complexity index is 2640. The molecule has 6 aromatic rings. The molecule has 5 aliphatic rings. The molecule has 6 aromatic carbocycles. The molecule has 3 heteroatoms. The SMILES string of the molecule is CCCCc1cc2c3c(c1)C1(C)CCCCC1(C)N3c1cc(C)cc3c1B2N(c1ccc(-c2ccccc2)cc1C)c1ccc2c(c1-3)C(C)(C)c1ccccc1-2. The topological polar surface area (TPSA) is 6.48 Å². The predicted molar refractivity (Wildman–Crippen MR) is 239 cm³/mol. The van der Waals surface area contributed by atoms with Crippen LogP contribution in [0.3, 0.4) is 0 Å². The number of fused-ring (bicyclic) bond motifs is 11. The fourth-order valence-corrected chi connectivity index (χ4v) is 12.4. The lowest BCUT2D eigenvalue weighted by molar-refractivity contribution is 0.195. The first-order valence-corrected chi connectivity index (χ1v) is 21.4. The van der Waals surface area contributed by atoms with Gasteiger partial charge in [0.2, 0.25) is 0 Å². The zero-order valence-corrected chi connectivity index (χ0v) is 34.3. The summed E-state index contributed by atoms with van der Waals surface area (Å²) in [7, 11) is 0. The summed E-state index contributed by atoms with van der Waals surface area (Å²) in [6.07, 6.45) is 8.60. The maximum absolute atomic E-state index is 2.90. The van der Waals surface area contributed by atoms with E-state index in [9.17, 15) is 0 Å². The highest BCUT2D eigenvalue weighted by atomic mass is 15.3. The highest BCUT2D eigenvalue weighted by Crippen LogP contribution is 2.63. The van der Waals surface area contributed by atoms with E-state index in [0.717, 1.165) is 6.42 Å². The number of rotatable bonds is 5. The van der Waals surface area contributed by atoms with E-state index in [0.29, 0.717) is 0 Å². The molecule has 2 aliphatic carbocycles. The van der Waals surface area contributed by atoms with Crippen LogP contribution in [0.2, 0.25) is 0 Å². The molecule has 1 saturated carbocycles. The van der Waals surface area contributed by atoms with Crippen LogP contribution in [0.5, 0.6) is 0 Å². The van der Waals surface area contributed by atoms with Crippen molar-refractivity contribution in [3.8, 4) is 33.4 Å². The van der Waals surface area contributed by atoms with Crippen molar-refractivity contribution >= 4 is 40.5 Å². The van der Waals surface area contributed by atoms with Crippen LogP contribution >= 0.6 is 0 Å². The van der Waals surface area contributed by atoms with E-state index in [4.69, 9.17) is 0 Å². The summed E-state index contributed by atoms with van der Waals surface area (Å²) in [4.78, 5) is 5.70. The average molecular weight is 729 g/mol. The fourth-order valence-electron chi connectivity index (χ4n) is 12.4. The molecule has 3 heterocycles. The van der Waals surface area contributed by atoms with Gasteiger partial charge in [0.25, 0.3) is 0 Å². The number of hydrogen-bond donors (Lipinski definition) is 0. The van der Waals surface area contributed by atoms with Crippen LogP contribution in [0.25, 0.3) is 33.4 Å². The molecule has 56 heavy (non-hydrogen) atoms. The fraction of sp³-hybridized carbons (Fsp3) is 0.321. The van der Waals surface area contributed by atoms with E-state index >= 15 is 0 Å². The van der Waals surface area contributed by atoms with Gasteiger partial charge in [-0.1, -0.05) is 132 Å². The van der Waals surface area contributed by atoms with Crippen LogP contribution in [0.15, 0.2) is 109 Å². The number of anilines is 4. The maximum atomic E-state index is 2.90. The van der Waals surface area contributed by atoms with Gasteiger partial charge in [-0.25, -0.2) is 0 Å². The third kappa shape index (κ3) is 4.30. The maximum Gasteiger partial charge on any atom is 0.333 e. The van der Waals surface area contributed by atoms with Gasteiger partial charge >= 0.3 is 6.85 Å². The quantitative estimate of drug-likeness (QED) is 0.163. The Morgan fingerprint density at radius 2 is 1.43 bits per heavy atom. The highest BCUT2D eigenvalue weighted by Gasteiger charge is 2.62. The van der Waals surface area contributed by atoms with Crippen LogP contribution in [0, 0.1) is 13.8 Å². The van der Waals surface area contributed by atoms with Crippen molar-refractivity contribution in [1.82, 2.24) is 0 Å². The van der Waals surface area contributed by atoms with Crippen LogP contribution in [0.1, 0.15) is 107 Å². The number of benzene rings is 6. The second-order valence-corrected chi connectivity index (χ2v) is 18.8. The summed E-state index contributed by atoms with van der Waals surface area (Å²) in [5, 5.41) is 0. The first-order chi connectivity index (χ1) is 27.1. The van der Waals surface area contributed by atoms with Gasteiger partial charge in [-0.05, 0) is 143 Å². The van der Waals surface area contributed by atoms with Crippen molar-refractivity contribution < 1.29 is 0 Å². The average Bonchev–Trinajstić information content (AvgIpc) is 3.57. The lowest BCUT2D eigenvalue weighted by atomic mass is 9.42. The summed E-state index contributed by atoms with van der Waals surface area (Å²) in [5.74, 6) is 0. The van der Waals surface area contributed by atoms with Crippen LogP contribution in [-0.2, 0) is 17.3 Å². The number of nitrogens with zero attached hydrogens (tertiary/aromatic N) is 2. The second kappa shape index (κ2) is 11.8. The lowest BCUT2D eigenvalue weighted by Crippen LogP contribution is -2.65. The molecule has 11 rings (SSSR count). The van der Waals surface area contributed by atoms with Crippen molar-refractivity contribution in [3.05, 3.63) is 143 Å². The van der Waals surface area contributed by atoms with E-state index in [1.54, 1.807) is 5.56 Å². The Balaban J connectivity index is 1.26. The van der Waals surface area contributed by atoms with E-state index < -0.39 is 0 Å². The molecule has 2 atom stereocenters. The second-order valence-electron chi connectivity index (χ2n) is 18.8. The van der Waals surface area contributed by atoms with Gasteiger partial charge in [0.05, 0.1) is 5.54 Å². The number of hydrogen-bond acceptors (Lipinski definition) is 2. The number of unbranched alkanes of at least 4 members (excludes halogenated alkanes) is 1. The molecule has 0 amide bonds. The first-order valence-electron chi connectivity index (χ1n) is 21.4. The minimum atomic E-state index is -0.146. The van der Waals surface area contributed by atoms with Crippen molar-refractivity contribution in [1.29, 1.82) is 0 Å². The molecule has 0 spiro atoms. The molecule has 0 N–H and O–H groups in total. The van der Waals surface area contributed by atoms with E-state index in [1.807, 2.05) is 0 Å². The highest BCUT2D eigenvalue weighted by molar-refractivity contribution is 6.93. The third-order valence-electron chi connectivity index (χ3n) is 15.3. The van der Waals surface area contributed by atoms with E-state index in [1.165, 1.54) is 133 Å². The van der Waals surface area contributed by atoms with Gasteiger partial charge in [-0.2, -0.15) is 0 Å². The molecular weight excluding hydrogens is 675 g/mol. The Labute approximate surface area is 334 Å². The minimum Gasteiger partial charge on any atom is -0.376 e. The normalized spacial score (nSPS) is 21.6. The summed E-state index contributed by atoms with van der Waals surface area (Å²) in [6.45, 7) is 17.3. The van der Waals surface area contributed by atoms with Gasteiger partial charge in [-0.3, -0.25) is 0 Å². The molecule has 0 saturated heterocycles. The van der Waals surface area contributed by atoms with Crippen molar-refractivity contribution in [3.63, 3.8) is 0 Å². The standard InChI is InChI=1S/C53H53BN2/c1-8-9-17-35-31-42-50-43(32-35)54-49-40(28-33(2)29-46(49)55(50)53(7)27-16-15-26-52(42,53)6)47-45(25-23-39-38-20-13-14-21-41(38)51(4,5)48(39)47)56(54)44-24-22-37(30-34(44)3)36-18-11-10-12-19-36/h10-14,18-25,28-32H,8-9,15-17,26-27H2,1-7H3. The van der Waals surface area contributed by atoms with Gasteiger partial charge in [-0.15, -0.1) is 0 Å². The van der Waals surface area contributed by atoms with Crippen LogP contribution < -0.4 is 20.6 Å². The molecule has 2 unspecified atom stereocenters. The zero-order valence-electron chi connectivity index (χ0n) is 34.3. The molecule has 0 aromatic heterocycles. The molecule has 278 valence electrons. The Hall–Kier alpha value is -5.02. The molecular formula is C53H53BN2. The molecule has 0 radical (unpaired) electrons. The number of aryl methyl sites for hydroxylation is 3. The molecule has 3 aliphatic heterocycles. The Morgan fingerprint density at radius 3 is 2.23 bits per heavy atom. The van der Waals surface area contributed by atoms with E-state index in [2.05, 4.69) is 167 Å². The van der Waals surface area contributed by atoms with Gasteiger partial charge in [0, 0.05) is 39.1 Å². The molecule has 1 fully saturated rings. The Kier molecular flexibility index (Phi) is 7.19. The van der Waals surface area contributed by atoms with Crippen LogP contribution in [0.4, 0.5) is 22.7 Å². The molecule has 2 nitrogen and oxygen atoms in total. The van der Waals surface area contributed by atoms with Gasteiger partial charge < -0.3 is 9.71 Å². The third-order valence-corrected chi connectivity index (χ3v) is 15.3. The lowest BCUT2D eigenvalue weighted by Gasteiger charge is -2.53. The van der Waals surface area contributed by atoms with E-state index in [-0.39, 0.29) is 23.2 Å². The van der Waals surface area contributed by atoms with Crippen LogP contribution in [-0.4, -0.2) is 12.4 Å².